The van der Waals surface area contributed by atoms with Crippen LogP contribution in [0.1, 0.15) is 29.7 Å². The van der Waals surface area contributed by atoms with Crippen molar-refractivity contribution in [3.05, 3.63) is 52.2 Å². The van der Waals surface area contributed by atoms with E-state index in [1.54, 1.807) is 35.6 Å². The number of carbonyl (C=O) groups is 1. The Balaban J connectivity index is 1.48. The van der Waals surface area contributed by atoms with Crippen molar-refractivity contribution in [3.63, 3.8) is 0 Å². The average molecular weight is 364 g/mol. The Bertz CT molecular complexity index is 780. The highest BCUT2D eigenvalue weighted by Crippen LogP contribution is 2.22. The Morgan fingerprint density at radius 2 is 1.92 bits per heavy atom. The van der Waals surface area contributed by atoms with Crippen LogP contribution in [0, 0.1) is 0 Å². The van der Waals surface area contributed by atoms with Crippen LogP contribution in [0.2, 0.25) is 0 Å². The van der Waals surface area contributed by atoms with Gasteiger partial charge in [-0.1, -0.05) is 18.2 Å². The SMILES string of the molecule is O=C(CCc1cccs1)NCc1ccc(S(=O)(=O)NC2CC2)cc1. The monoisotopic (exact) mass is 364 g/mol. The first kappa shape index (κ1) is 17.1. The van der Waals surface area contributed by atoms with Gasteiger partial charge in [-0.05, 0) is 48.4 Å². The minimum Gasteiger partial charge on any atom is -0.352 e. The molecule has 0 saturated heterocycles. The van der Waals surface area contributed by atoms with Gasteiger partial charge in [0.15, 0.2) is 0 Å². The maximum atomic E-state index is 12.1. The van der Waals surface area contributed by atoms with Gasteiger partial charge in [-0.3, -0.25) is 4.79 Å². The fourth-order valence-corrected chi connectivity index (χ4v) is 4.27. The van der Waals surface area contributed by atoms with Crippen LogP contribution < -0.4 is 10.0 Å². The third-order valence-electron chi connectivity index (χ3n) is 3.80. The molecule has 2 N–H and O–H groups in total. The second kappa shape index (κ2) is 7.46. The van der Waals surface area contributed by atoms with Gasteiger partial charge in [0.25, 0.3) is 0 Å². The predicted octanol–water partition coefficient (Wildman–Crippen LogP) is 2.44. The van der Waals surface area contributed by atoms with Crippen LogP contribution in [0.5, 0.6) is 0 Å². The van der Waals surface area contributed by atoms with E-state index in [-0.39, 0.29) is 16.8 Å². The number of sulfonamides is 1. The zero-order valence-corrected chi connectivity index (χ0v) is 14.8. The molecular weight excluding hydrogens is 344 g/mol. The zero-order valence-electron chi connectivity index (χ0n) is 13.2. The second-order valence-electron chi connectivity index (χ2n) is 5.90. The van der Waals surface area contributed by atoms with Gasteiger partial charge in [0.2, 0.25) is 15.9 Å². The smallest absolute Gasteiger partial charge is 0.240 e. The Kier molecular flexibility index (Phi) is 5.33. The second-order valence-corrected chi connectivity index (χ2v) is 8.64. The van der Waals surface area contributed by atoms with Crippen molar-refractivity contribution in [2.24, 2.45) is 0 Å². The molecule has 1 saturated carbocycles. The molecular formula is C17H20N2O3S2. The number of thiophene rings is 1. The van der Waals surface area contributed by atoms with Crippen molar-refractivity contribution in [2.45, 2.75) is 43.2 Å². The van der Waals surface area contributed by atoms with Crippen LogP contribution >= 0.6 is 11.3 Å². The van der Waals surface area contributed by atoms with E-state index in [1.165, 1.54) is 4.88 Å². The van der Waals surface area contributed by atoms with Crippen molar-refractivity contribution in [1.29, 1.82) is 0 Å². The van der Waals surface area contributed by atoms with Crippen LogP contribution in [-0.2, 0) is 27.8 Å². The molecule has 128 valence electrons. The summed E-state index contributed by atoms with van der Waals surface area (Å²) in [6, 6.07) is 10.7. The van der Waals surface area contributed by atoms with Crippen molar-refractivity contribution in [3.8, 4) is 0 Å². The molecule has 5 nitrogen and oxygen atoms in total. The Hall–Kier alpha value is -1.70. The fraction of sp³-hybridized carbons (Fsp3) is 0.353. The number of hydrogen-bond donors (Lipinski definition) is 2. The van der Waals surface area contributed by atoms with Crippen LogP contribution in [0.15, 0.2) is 46.7 Å². The van der Waals surface area contributed by atoms with E-state index in [2.05, 4.69) is 10.0 Å². The minimum absolute atomic E-state index is 0.00417. The van der Waals surface area contributed by atoms with Crippen LogP contribution in [0.25, 0.3) is 0 Å². The summed E-state index contributed by atoms with van der Waals surface area (Å²) >= 11 is 1.65. The number of benzene rings is 1. The van der Waals surface area contributed by atoms with Crippen molar-refractivity contribution in [1.82, 2.24) is 10.0 Å². The minimum atomic E-state index is -3.41. The molecule has 1 aliphatic rings. The average Bonchev–Trinajstić information content (AvgIpc) is 3.21. The third kappa shape index (κ3) is 4.90. The molecule has 3 rings (SSSR count). The summed E-state index contributed by atoms with van der Waals surface area (Å²) in [6.45, 7) is 0.402. The summed E-state index contributed by atoms with van der Waals surface area (Å²) < 4.78 is 26.8. The highest BCUT2D eigenvalue weighted by atomic mass is 32.2. The van der Waals surface area contributed by atoms with Crippen molar-refractivity contribution >= 4 is 27.3 Å². The topological polar surface area (TPSA) is 75.3 Å². The molecule has 1 heterocycles. The molecule has 1 aromatic carbocycles. The predicted molar refractivity (Wildman–Crippen MR) is 94.3 cm³/mol. The molecule has 0 atom stereocenters. The molecule has 0 spiro atoms. The number of carbonyl (C=O) groups excluding carboxylic acids is 1. The van der Waals surface area contributed by atoms with E-state index >= 15 is 0 Å². The highest BCUT2D eigenvalue weighted by molar-refractivity contribution is 7.89. The summed E-state index contributed by atoms with van der Waals surface area (Å²) in [6.07, 6.45) is 3.02. The molecule has 7 heteroatoms. The van der Waals surface area contributed by atoms with Gasteiger partial charge in [-0.15, -0.1) is 11.3 Å². The number of nitrogens with one attached hydrogen (secondary N) is 2. The first-order valence-corrected chi connectivity index (χ1v) is 10.3. The van der Waals surface area contributed by atoms with Gasteiger partial charge in [0, 0.05) is 23.9 Å². The lowest BCUT2D eigenvalue weighted by Crippen LogP contribution is -2.26. The van der Waals surface area contributed by atoms with Gasteiger partial charge >= 0.3 is 0 Å². The molecule has 2 aromatic rings. The van der Waals surface area contributed by atoms with Gasteiger partial charge in [0.1, 0.15) is 0 Å². The lowest BCUT2D eigenvalue weighted by atomic mass is 10.2. The van der Waals surface area contributed by atoms with Gasteiger partial charge in [-0.25, -0.2) is 13.1 Å². The molecule has 0 bridgehead atoms. The van der Waals surface area contributed by atoms with E-state index < -0.39 is 10.0 Å². The number of rotatable bonds is 8. The molecule has 0 aliphatic heterocycles. The largest absolute Gasteiger partial charge is 0.352 e. The van der Waals surface area contributed by atoms with Crippen LogP contribution in [0.4, 0.5) is 0 Å². The molecule has 1 aliphatic carbocycles. The van der Waals surface area contributed by atoms with Crippen LogP contribution in [0.3, 0.4) is 0 Å². The number of aryl methyl sites for hydroxylation is 1. The molecule has 1 fully saturated rings. The Morgan fingerprint density at radius 1 is 1.17 bits per heavy atom. The number of amides is 1. The lowest BCUT2D eigenvalue weighted by molar-refractivity contribution is -0.121. The quantitative estimate of drug-likeness (QED) is 0.755. The van der Waals surface area contributed by atoms with Crippen molar-refractivity contribution < 1.29 is 13.2 Å². The summed E-state index contributed by atoms with van der Waals surface area (Å²) in [4.78, 5) is 13.3. The van der Waals surface area contributed by atoms with Gasteiger partial charge in [0.05, 0.1) is 4.90 Å². The first-order valence-electron chi connectivity index (χ1n) is 7.93. The fourth-order valence-electron chi connectivity index (χ4n) is 2.26. The first-order chi connectivity index (χ1) is 11.5. The molecule has 0 radical (unpaired) electrons. The van der Waals surface area contributed by atoms with Gasteiger partial charge < -0.3 is 5.32 Å². The zero-order chi connectivity index (χ0) is 17.0. The van der Waals surface area contributed by atoms with E-state index in [0.717, 1.165) is 24.8 Å². The van der Waals surface area contributed by atoms with E-state index in [4.69, 9.17) is 0 Å². The molecule has 0 unspecified atom stereocenters. The van der Waals surface area contributed by atoms with E-state index in [9.17, 15) is 13.2 Å². The van der Waals surface area contributed by atoms with Crippen molar-refractivity contribution in [2.75, 3.05) is 0 Å². The van der Waals surface area contributed by atoms with E-state index in [1.807, 2.05) is 17.5 Å². The summed E-state index contributed by atoms with van der Waals surface area (Å²) in [5, 5.41) is 4.86. The molecule has 24 heavy (non-hydrogen) atoms. The maximum absolute atomic E-state index is 12.1. The molecule has 1 amide bonds. The summed E-state index contributed by atoms with van der Waals surface area (Å²) in [5.41, 5.74) is 0.879. The highest BCUT2D eigenvalue weighted by Gasteiger charge is 2.27. The van der Waals surface area contributed by atoms with Gasteiger partial charge in [-0.2, -0.15) is 0 Å². The normalized spacial score (nSPS) is 14.5. The number of hydrogen-bond acceptors (Lipinski definition) is 4. The summed E-state index contributed by atoms with van der Waals surface area (Å²) in [5.74, 6) is -0.00417. The van der Waals surface area contributed by atoms with Crippen LogP contribution in [-0.4, -0.2) is 20.4 Å². The lowest BCUT2D eigenvalue weighted by Gasteiger charge is -2.08. The Morgan fingerprint density at radius 3 is 2.54 bits per heavy atom. The summed E-state index contributed by atoms with van der Waals surface area (Å²) in [7, 11) is -3.41. The standard InChI is InChI=1S/C17H20N2O3S2/c20-17(10-7-15-2-1-11-23-15)18-12-13-3-8-16(9-4-13)24(21,22)19-14-5-6-14/h1-4,8-9,11,14,19H,5-7,10,12H2,(H,18,20). The Labute approximate surface area is 146 Å². The third-order valence-corrected chi connectivity index (χ3v) is 6.27. The maximum Gasteiger partial charge on any atom is 0.240 e. The molecule has 1 aromatic heterocycles. The van der Waals surface area contributed by atoms with E-state index in [0.29, 0.717) is 13.0 Å².